The summed E-state index contributed by atoms with van der Waals surface area (Å²) in [4.78, 5) is 21.3. The van der Waals surface area contributed by atoms with E-state index in [9.17, 15) is 4.79 Å². The van der Waals surface area contributed by atoms with Crippen molar-refractivity contribution in [2.24, 2.45) is 0 Å². The van der Waals surface area contributed by atoms with Gasteiger partial charge in [0.1, 0.15) is 5.82 Å². The third kappa shape index (κ3) is 3.17. The monoisotopic (exact) mass is 275 g/mol. The van der Waals surface area contributed by atoms with E-state index in [0.717, 1.165) is 16.3 Å². The maximum Gasteiger partial charge on any atom is 0.266 e. The van der Waals surface area contributed by atoms with Crippen LogP contribution in [0.3, 0.4) is 0 Å². The van der Waals surface area contributed by atoms with Crippen molar-refractivity contribution >= 4 is 22.9 Å². The Hall–Kier alpha value is -1.75. The molecule has 0 saturated heterocycles. The summed E-state index contributed by atoms with van der Waals surface area (Å²) in [7, 11) is 0. The molecule has 0 unspecified atom stereocenters. The summed E-state index contributed by atoms with van der Waals surface area (Å²) in [6, 6.07) is 1.93. The quantitative estimate of drug-likeness (QED) is 0.914. The molecule has 0 atom stereocenters. The molecular weight excluding hydrogens is 258 g/mol. The predicted molar refractivity (Wildman–Crippen MR) is 77.7 cm³/mol. The van der Waals surface area contributed by atoms with Crippen LogP contribution in [0.4, 0.5) is 5.69 Å². The molecule has 2 aromatic heterocycles. The molecule has 0 bridgehead atoms. The molecule has 100 valence electrons. The predicted octanol–water partition coefficient (Wildman–Crippen LogP) is 3.40. The maximum atomic E-state index is 12.0. The molecule has 5 heteroatoms. The maximum absolute atomic E-state index is 12.0. The number of nitrogens with one attached hydrogen (secondary N) is 1. The molecule has 1 N–H and O–H groups in total. The second kappa shape index (κ2) is 5.09. The molecule has 2 heterocycles. The van der Waals surface area contributed by atoms with Crippen LogP contribution in [0.5, 0.6) is 0 Å². The Balaban J connectivity index is 2.12. The first-order chi connectivity index (χ1) is 8.88. The first-order valence-electron chi connectivity index (χ1n) is 6.06. The average molecular weight is 275 g/mol. The van der Waals surface area contributed by atoms with Gasteiger partial charge in [-0.15, -0.1) is 11.3 Å². The van der Waals surface area contributed by atoms with E-state index < -0.39 is 0 Å². The van der Waals surface area contributed by atoms with Crippen molar-refractivity contribution in [3.63, 3.8) is 0 Å². The number of aromatic nitrogens is 2. The fraction of sp³-hybridized carbons (Fsp3) is 0.357. The number of hydrogen-bond acceptors (Lipinski definition) is 4. The lowest BCUT2D eigenvalue weighted by Crippen LogP contribution is -2.17. The lowest BCUT2D eigenvalue weighted by molar-refractivity contribution is 0.103. The summed E-state index contributed by atoms with van der Waals surface area (Å²) in [6.07, 6.45) is 3.29. The van der Waals surface area contributed by atoms with Gasteiger partial charge < -0.3 is 5.32 Å². The van der Waals surface area contributed by atoms with Gasteiger partial charge in [-0.25, -0.2) is 9.97 Å². The minimum absolute atomic E-state index is 0.0904. The van der Waals surface area contributed by atoms with Crippen LogP contribution in [0.2, 0.25) is 0 Å². The van der Waals surface area contributed by atoms with Crippen molar-refractivity contribution in [3.05, 3.63) is 40.1 Å². The molecule has 4 nitrogen and oxygen atoms in total. The van der Waals surface area contributed by atoms with E-state index in [2.05, 4.69) is 36.1 Å². The van der Waals surface area contributed by atoms with Crippen molar-refractivity contribution in [3.8, 4) is 0 Å². The highest BCUT2D eigenvalue weighted by atomic mass is 32.1. The van der Waals surface area contributed by atoms with Crippen molar-refractivity contribution in [2.75, 3.05) is 5.32 Å². The Morgan fingerprint density at radius 1 is 1.26 bits per heavy atom. The Kier molecular flexibility index (Phi) is 3.66. The molecule has 0 radical (unpaired) electrons. The lowest BCUT2D eigenvalue weighted by Gasteiger charge is -2.16. The summed E-state index contributed by atoms with van der Waals surface area (Å²) in [5, 5.41) is 4.72. The van der Waals surface area contributed by atoms with E-state index in [1.54, 1.807) is 12.4 Å². The van der Waals surface area contributed by atoms with E-state index in [1.165, 1.54) is 11.3 Å². The van der Waals surface area contributed by atoms with Crippen LogP contribution in [-0.2, 0) is 5.41 Å². The highest BCUT2D eigenvalue weighted by Gasteiger charge is 2.17. The molecule has 0 spiro atoms. The fourth-order valence-electron chi connectivity index (χ4n) is 1.57. The first-order valence-corrected chi connectivity index (χ1v) is 6.94. The Morgan fingerprint density at radius 2 is 1.89 bits per heavy atom. The zero-order chi connectivity index (χ0) is 14.0. The van der Waals surface area contributed by atoms with Gasteiger partial charge in [0.15, 0.2) is 0 Å². The number of carbonyl (C=O) groups is 1. The topological polar surface area (TPSA) is 54.9 Å². The van der Waals surface area contributed by atoms with Gasteiger partial charge in [0.05, 0.1) is 23.0 Å². The number of aryl methyl sites for hydroxylation is 1. The molecule has 0 aromatic carbocycles. The van der Waals surface area contributed by atoms with Crippen LogP contribution in [-0.4, -0.2) is 15.9 Å². The van der Waals surface area contributed by atoms with E-state index >= 15 is 0 Å². The van der Waals surface area contributed by atoms with Gasteiger partial charge in [0, 0.05) is 5.41 Å². The normalized spacial score (nSPS) is 11.4. The van der Waals surface area contributed by atoms with Crippen molar-refractivity contribution in [1.82, 2.24) is 9.97 Å². The van der Waals surface area contributed by atoms with Crippen molar-refractivity contribution in [1.29, 1.82) is 0 Å². The Labute approximate surface area is 116 Å². The van der Waals surface area contributed by atoms with E-state index in [-0.39, 0.29) is 11.3 Å². The number of anilines is 1. The van der Waals surface area contributed by atoms with Crippen LogP contribution in [0.15, 0.2) is 23.8 Å². The number of rotatable bonds is 2. The fourth-order valence-corrected chi connectivity index (χ4v) is 2.39. The zero-order valence-electron chi connectivity index (χ0n) is 11.5. The summed E-state index contributed by atoms with van der Waals surface area (Å²) in [5.74, 6) is 0.650. The SMILES string of the molecule is Cc1ccsc1C(=O)Nc1cnc(C(C)(C)C)nc1. The Bertz CT molecular complexity index is 581. The van der Waals surface area contributed by atoms with Gasteiger partial charge >= 0.3 is 0 Å². The zero-order valence-corrected chi connectivity index (χ0v) is 12.3. The summed E-state index contributed by atoms with van der Waals surface area (Å²) < 4.78 is 0. The molecule has 19 heavy (non-hydrogen) atoms. The van der Waals surface area contributed by atoms with E-state index in [4.69, 9.17) is 0 Å². The number of thiophene rings is 1. The van der Waals surface area contributed by atoms with E-state index in [1.807, 2.05) is 18.4 Å². The standard InChI is InChI=1S/C14H17N3OS/c1-9-5-6-19-11(9)12(18)17-10-7-15-13(16-8-10)14(2,3)4/h5-8H,1-4H3,(H,17,18). The largest absolute Gasteiger partial charge is 0.319 e. The van der Waals surface area contributed by atoms with Gasteiger partial charge in [-0.2, -0.15) is 0 Å². The van der Waals surface area contributed by atoms with E-state index in [0.29, 0.717) is 5.69 Å². The van der Waals surface area contributed by atoms with Gasteiger partial charge in [-0.1, -0.05) is 20.8 Å². The molecule has 0 aliphatic carbocycles. The molecule has 0 aliphatic heterocycles. The Morgan fingerprint density at radius 3 is 2.37 bits per heavy atom. The van der Waals surface area contributed by atoms with Crippen LogP contribution < -0.4 is 5.32 Å². The molecule has 0 fully saturated rings. The number of carbonyl (C=O) groups excluding carboxylic acids is 1. The van der Waals surface area contributed by atoms with Crippen molar-refractivity contribution < 1.29 is 4.79 Å². The smallest absolute Gasteiger partial charge is 0.266 e. The van der Waals surface area contributed by atoms with Crippen LogP contribution in [0.1, 0.15) is 41.8 Å². The second-order valence-electron chi connectivity index (χ2n) is 5.43. The summed E-state index contributed by atoms with van der Waals surface area (Å²) in [5.41, 5.74) is 1.51. The van der Waals surface area contributed by atoms with Gasteiger partial charge in [0.2, 0.25) is 0 Å². The highest BCUT2D eigenvalue weighted by molar-refractivity contribution is 7.12. The summed E-state index contributed by atoms with van der Waals surface area (Å²) in [6.45, 7) is 8.07. The minimum Gasteiger partial charge on any atom is -0.319 e. The van der Waals surface area contributed by atoms with Gasteiger partial charge in [-0.3, -0.25) is 4.79 Å². The van der Waals surface area contributed by atoms with Gasteiger partial charge in [0.25, 0.3) is 5.91 Å². The summed E-state index contributed by atoms with van der Waals surface area (Å²) >= 11 is 1.43. The third-order valence-corrected chi connectivity index (χ3v) is 3.66. The number of amides is 1. The van der Waals surface area contributed by atoms with Crippen LogP contribution in [0.25, 0.3) is 0 Å². The van der Waals surface area contributed by atoms with Crippen LogP contribution >= 0.6 is 11.3 Å². The lowest BCUT2D eigenvalue weighted by atomic mass is 9.96. The minimum atomic E-state index is -0.111. The number of nitrogens with zero attached hydrogens (tertiary/aromatic N) is 2. The second-order valence-corrected chi connectivity index (χ2v) is 6.35. The molecule has 2 rings (SSSR count). The van der Waals surface area contributed by atoms with Crippen molar-refractivity contribution in [2.45, 2.75) is 33.1 Å². The first kappa shape index (κ1) is 13.7. The van der Waals surface area contributed by atoms with Gasteiger partial charge in [-0.05, 0) is 23.9 Å². The molecule has 0 aliphatic rings. The molecule has 2 aromatic rings. The average Bonchev–Trinajstić information content (AvgIpc) is 2.75. The third-order valence-electron chi connectivity index (χ3n) is 2.65. The molecular formula is C14H17N3OS. The molecule has 1 amide bonds. The van der Waals surface area contributed by atoms with Crippen LogP contribution in [0, 0.1) is 6.92 Å². The molecule has 0 saturated carbocycles. The number of hydrogen-bond donors (Lipinski definition) is 1. The highest BCUT2D eigenvalue weighted by Crippen LogP contribution is 2.20.